The number of anilines is 1. The van der Waals surface area contributed by atoms with Gasteiger partial charge in [-0.25, -0.2) is 9.97 Å². The van der Waals surface area contributed by atoms with E-state index in [-0.39, 0.29) is 0 Å². The summed E-state index contributed by atoms with van der Waals surface area (Å²) in [4.78, 5) is 8.21. The van der Waals surface area contributed by atoms with Gasteiger partial charge in [0.05, 0.1) is 11.4 Å². The zero-order valence-corrected chi connectivity index (χ0v) is 7.59. The van der Waals surface area contributed by atoms with Crippen LogP contribution in [0.5, 0.6) is 0 Å². The number of aromatic nitrogens is 2. The highest BCUT2D eigenvalue weighted by Crippen LogP contribution is 2.21. The highest BCUT2D eigenvalue weighted by atomic mass is 15.0. The maximum Gasteiger partial charge on any atom is 0.220 e. The lowest BCUT2D eigenvalue weighted by molar-refractivity contribution is 0.795. The molecule has 4 nitrogen and oxygen atoms in total. The number of nitrogens with two attached hydrogens (primary N) is 1. The lowest BCUT2D eigenvalue weighted by Crippen LogP contribution is -2.17. The second kappa shape index (κ2) is 2.80. The third kappa shape index (κ3) is 1.28. The minimum atomic E-state index is 0.325. The van der Waals surface area contributed by atoms with E-state index in [9.17, 15) is 0 Å². The summed E-state index contributed by atoms with van der Waals surface area (Å²) in [6.45, 7) is 1.89. The maximum absolute atomic E-state index is 7.76. The van der Waals surface area contributed by atoms with Crippen molar-refractivity contribution in [2.45, 2.75) is 26.2 Å². The molecule has 1 aliphatic rings. The molecule has 0 unspecified atom stereocenters. The van der Waals surface area contributed by atoms with E-state index >= 15 is 0 Å². The van der Waals surface area contributed by atoms with E-state index in [1.54, 1.807) is 0 Å². The van der Waals surface area contributed by atoms with E-state index in [1.165, 1.54) is 0 Å². The van der Waals surface area contributed by atoms with Gasteiger partial charge < -0.3 is 11.1 Å². The summed E-state index contributed by atoms with van der Waals surface area (Å²) >= 11 is 0. The summed E-state index contributed by atoms with van der Waals surface area (Å²) in [6.07, 6.45) is 2.76. The second-order valence-corrected chi connectivity index (χ2v) is 3.32. The van der Waals surface area contributed by atoms with Gasteiger partial charge in [-0.1, -0.05) is 0 Å². The Morgan fingerprint density at radius 2 is 2.08 bits per heavy atom. The minimum absolute atomic E-state index is 0.325. The van der Waals surface area contributed by atoms with Crippen molar-refractivity contribution in [1.29, 1.82) is 5.41 Å². The molecule has 0 aromatic carbocycles. The zero-order valence-electron chi connectivity index (χ0n) is 7.59. The van der Waals surface area contributed by atoms with Gasteiger partial charge in [0.1, 0.15) is 0 Å². The average molecular weight is 176 g/mol. The first-order valence-corrected chi connectivity index (χ1v) is 4.39. The van der Waals surface area contributed by atoms with Crippen LogP contribution in [0, 0.1) is 12.3 Å². The van der Waals surface area contributed by atoms with Gasteiger partial charge in [-0.05, 0) is 26.2 Å². The highest BCUT2D eigenvalue weighted by Gasteiger charge is 2.18. The summed E-state index contributed by atoms with van der Waals surface area (Å²) in [7, 11) is 0. The van der Waals surface area contributed by atoms with Crippen LogP contribution in [-0.2, 0) is 6.42 Å². The Labute approximate surface area is 76.7 Å². The van der Waals surface area contributed by atoms with Crippen molar-refractivity contribution in [3.05, 3.63) is 17.0 Å². The lowest BCUT2D eigenvalue weighted by Gasteiger charge is -2.17. The van der Waals surface area contributed by atoms with Crippen LogP contribution in [0.4, 0.5) is 5.95 Å². The number of hydrogen-bond donors (Lipinski definition) is 2. The molecule has 1 aromatic rings. The summed E-state index contributed by atoms with van der Waals surface area (Å²) in [5.74, 6) is 0.325. The number of nitrogens with zero attached hydrogens (tertiary/aromatic N) is 2. The molecule has 13 heavy (non-hydrogen) atoms. The average Bonchev–Trinajstić information content (AvgIpc) is 2.02. The number of aryl methyl sites for hydroxylation is 2. The molecule has 0 saturated heterocycles. The maximum atomic E-state index is 7.76. The summed E-state index contributed by atoms with van der Waals surface area (Å²) in [5.41, 5.74) is 8.89. The summed E-state index contributed by atoms with van der Waals surface area (Å²) in [5, 5.41) is 7.76. The van der Waals surface area contributed by atoms with Gasteiger partial charge in [-0.15, -0.1) is 0 Å². The van der Waals surface area contributed by atoms with Crippen LogP contribution in [0.1, 0.15) is 29.8 Å². The van der Waals surface area contributed by atoms with Crippen molar-refractivity contribution in [1.82, 2.24) is 9.97 Å². The van der Waals surface area contributed by atoms with E-state index in [0.29, 0.717) is 11.7 Å². The largest absolute Gasteiger partial charge is 0.368 e. The molecule has 1 aromatic heterocycles. The minimum Gasteiger partial charge on any atom is -0.368 e. The third-order valence-corrected chi connectivity index (χ3v) is 2.32. The number of nitrogens with one attached hydrogen (secondary N) is 1. The molecule has 0 fully saturated rings. The van der Waals surface area contributed by atoms with Crippen molar-refractivity contribution >= 4 is 11.7 Å². The number of hydrogen-bond acceptors (Lipinski definition) is 4. The Hall–Kier alpha value is -1.45. The molecule has 0 bridgehead atoms. The van der Waals surface area contributed by atoms with Crippen LogP contribution in [-0.4, -0.2) is 15.7 Å². The van der Waals surface area contributed by atoms with Crippen molar-refractivity contribution in [2.75, 3.05) is 5.73 Å². The first-order chi connectivity index (χ1) is 6.18. The molecular formula is C9H12N4. The topological polar surface area (TPSA) is 75.7 Å². The molecule has 0 saturated carbocycles. The van der Waals surface area contributed by atoms with Crippen molar-refractivity contribution < 1.29 is 0 Å². The SMILES string of the molecule is Cc1nc(N)nc2c1C(=N)CCC2. The molecule has 4 heteroatoms. The molecule has 1 heterocycles. The number of rotatable bonds is 0. The Morgan fingerprint density at radius 1 is 1.31 bits per heavy atom. The van der Waals surface area contributed by atoms with Gasteiger partial charge in [0.2, 0.25) is 5.95 Å². The highest BCUT2D eigenvalue weighted by molar-refractivity contribution is 6.01. The Bertz CT molecular complexity index is 370. The van der Waals surface area contributed by atoms with E-state index in [0.717, 1.165) is 36.2 Å². The van der Waals surface area contributed by atoms with Crippen LogP contribution in [0.3, 0.4) is 0 Å². The number of nitrogen functional groups attached to an aromatic ring is 1. The van der Waals surface area contributed by atoms with E-state index in [1.807, 2.05) is 6.92 Å². The number of fused-ring (bicyclic) bond motifs is 1. The van der Waals surface area contributed by atoms with E-state index in [4.69, 9.17) is 11.1 Å². The first kappa shape index (κ1) is 8.16. The van der Waals surface area contributed by atoms with Crippen LogP contribution >= 0.6 is 0 Å². The van der Waals surface area contributed by atoms with E-state index in [2.05, 4.69) is 9.97 Å². The van der Waals surface area contributed by atoms with Gasteiger partial charge in [0, 0.05) is 11.3 Å². The fourth-order valence-electron chi connectivity index (χ4n) is 1.79. The Morgan fingerprint density at radius 3 is 2.85 bits per heavy atom. The molecule has 0 amide bonds. The van der Waals surface area contributed by atoms with Gasteiger partial charge in [-0.3, -0.25) is 0 Å². The van der Waals surface area contributed by atoms with Crippen LogP contribution in [0.25, 0.3) is 0 Å². The lowest BCUT2D eigenvalue weighted by atomic mass is 9.93. The predicted molar refractivity (Wildman–Crippen MR) is 50.9 cm³/mol. The van der Waals surface area contributed by atoms with E-state index < -0.39 is 0 Å². The summed E-state index contributed by atoms with van der Waals surface area (Å²) in [6, 6.07) is 0. The summed E-state index contributed by atoms with van der Waals surface area (Å²) < 4.78 is 0. The smallest absolute Gasteiger partial charge is 0.220 e. The second-order valence-electron chi connectivity index (χ2n) is 3.32. The third-order valence-electron chi connectivity index (χ3n) is 2.32. The van der Waals surface area contributed by atoms with Gasteiger partial charge in [-0.2, -0.15) is 0 Å². The molecule has 2 rings (SSSR count). The van der Waals surface area contributed by atoms with Crippen molar-refractivity contribution in [3.63, 3.8) is 0 Å². The molecule has 3 N–H and O–H groups in total. The van der Waals surface area contributed by atoms with Crippen LogP contribution in [0.15, 0.2) is 0 Å². The van der Waals surface area contributed by atoms with Crippen LogP contribution < -0.4 is 5.73 Å². The molecular weight excluding hydrogens is 164 g/mol. The normalized spacial score (nSPS) is 15.6. The fourth-order valence-corrected chi connectivity index (χ4v) is 1.79. The predicted octanol–water partition coefficient (Wildman–Crippen LogP) is 1.07. The fraction of sp³-hybridized carbons (Fsp3) is 0.444. The quantitative estimate of drug-likeness (QED) is 0.620. The molecule has 0 atom stereocenters. The van der Waals surface area contributed by atoms with Crippen LogP contribution in [0.2, 0.25) is 0 Å². The molecule has 0 aliphatic heterocycles. The molecule has 0 radical (unpaired) electrons. The van der Waals surface area contributed by atoms with Gasteiger partial charge >= 0.3 is 0 Å². The molecule has 68 valence electrons. The monoisotopic (exact) mass is 176 g/mol. The molecule has 1 aliphatic carbocycles. The Balaban J connectivity index is 2.63. The van der Waals surface area contributed by atoms with Gasteiger partial charge in [0.25, 0.3) is 0 Å². The molecule has 0 spiro atoms. The van der Waals surface area contributed by atoms with Crippen molar-refractivity contribution in [2.24, 2.45) is 0 Å². The standard InChI is InChI=1S/C9H12N4/c1-5-8-6(10)3-2-4-7(8)13-9(11)12-5/h10H,2-4H2,1H3,(H2,11,12,13). The van der Waals surface area contributed by atoms with Crippen molar-refractivity contribution in [3.8, 4) is 0 Å². The Kier molecular flexibility index (Phi) is 1.76. The zero-order chi connectivity index (χ0) is 9.42. The first-order valence-electron chi connectivity index (χ1n) is 4.39. The van der Waals surface area contributed by atoms with Gasteiger partial charge in [0.15, 0.2) is 0 Å².